The quantitative estimate of drug-likeness (QED) is 0.841. The first kappa shape index (κ1) is 10.6. The van der Waals surface area contributed by atoms with E-state index in [0.717, 1.165) is 16.8 Å². The third-order valence-corrected chi connectivity index (χ3v) is 3.71. The van der Waals surface area contributed by atoms with Crippen molar-refractivity contribution < 1.29 is 4.79 Å². The van der Waals surface area contributed by atoms with E-state index in [4.69, 9.17) is 0 Å². The van der Waals surface area contributed by atoms with Gasteiger partial charge >= 0.3 is 0 Å². The van der Waals surface area contributed by atoms with Crippen LogP contribution < -0.4 is 5.32 Å². The first-order valence-corrected chi connectivity index (χ1v) is 6.46. The van der Waals surface area contributed by atoms with Crippen LogP contribution in [0.3, 0.4) is 0 Å². The lowest BCUT2D eigenvalue weighted by molar-refractivity contribution is 0.102. The van der Waals surface area contributed by atoms with Crippen molar-refractivity contribution in [2.24, 2.45) is 0 Å². The molecule has 2 nitrogen and oxygen atoms in total. The fourth-order valence-electron chi connectivity index (χ4n) is 2.77. The Bertz CT molecular complexity index is 470. The van der Waals surface area contributed by atoms with Gasteiger partial charge in [-0.3, -0.25) is 4.79 Å². The van der Waals surface area contributed by atoms with Crippen LogP contribution in [0.15, 0.2) is 30.0 Å². The normalized spacial score (nSPS) is 20.0. The van der Waals surface area contributed by atoms with Gasteiger partial charge in [0.15, 0.2) is 0 Å². The van der Waals surface area contributed by atoms with Crippen molar-refractivity contribution in [1.82, 2.24) is 5.32 Å². The molecule has 0 aromatic heterocycles. The Labute approximate surface area is 102 Å². The minimum Gasteiger partial charge on any atom is -0.379 e. The minimum atomic E-state index is 0.158. The summed E-state index contributed by atoms with van der Waals surface area (Å²) in [7, 11) is 0. The SMILES string of the molecule is O=C1C(NC2CCCCC2)=Cc2ccccc21. The highest BCUT2D eigenvalue weighted by atomic mass is 16.1. The minimum absolute atomic E-state index is 0.158. The number of fused-ring (bicyclic) bond motifs is 1. The predicted molar refractivity (Wildman–Crippen MR) is 68.8 cm³/mol. The maximum absolute atomic E-state index is 12.1. The van der Waals surface area contributed by atoms with Crippen molar-refractivity contribution in [3.63, 3.8) is 0 Å². The second kappa shape index (κ2) is 4.36. The van der Waals surface area contributed by atoms with Crippen LogP contribution in [0.2, 0.25) is 0 Å². The van der Waals surface area contributed by atoms with E-state index in [1.54, 1.807) is 0 Å². The molecule has 0 spiro atoms. The van der Waals surface area contributed by atoms with E-state index >= 15 is 0 Å². The molecule has 1 aromatic carbocycles. The summed E-state index contributed by atoms with van der Waals surface area (Å²) in [4.78, 5) is 12.1. The molecule has 17 heavy (non-hydrogen) atoms. The molecule has 1 aromatic rings. The summed E-state index contributed by atoms with van der Waals surface area (Å²) < 4.78 is 0. The van der Waals surface area contributed by atoms with Gasteiger partial charge in [0, 0.05) is 11.6 Å². The first-order valence-electron chi connectivity index (χ1n) is 6.46. The number of allylic oxidation sites excluding steroid dienone is 1. The molecule has 88 valence electrons. The summed E-state index contributed by atoms with van der Waals surface area (Å²) in [5.41, 5.74) is 2.68. The monoisotopic (exact) mass is 227 g/mol. The second-order valence-electron chi connectivity index (χ2n) is 4.95. The lowest BCUT2D eigenvalue weighted by Gasteiger charge is -2.23. The maximum atomic E-state index is 12.1. The molecule has 0 bridgehead atoms. The molecule has 0 atom stereocenters. The third-order valence-electron chi connectivity index (χ3n) is 3.71. The van der Waals surface area contributed by atoms with E-state index < -0.39 is 0 Å². The van der Waals surface area contributed by atoms with E-state index in [-0.39, 0.29) is 5.78 Å². The zero-order chi connectivity index (χ0) is 11.7. The molecule has 1 saturated carbocycles. The molecular formula is C15H17NO. The van der Waals surface area contributed by atoms with Crippen LogP contribution in [0.5, 0.6) is 0 Å². The van der Waals surface area contributed by atoms with Crippen LogP contribution in [0.1, 0.15) is 48.0 Å². The molecule has 2 aliphatic carbocycles. The Morgan fingerprint density at radius 3 is 2.59 bits per heavy atom. The number of nitrogens with one attached hydrogen (secondary N) is 1. The number of hydrogen-bond acceptors (Lipinski definition) is 2. The van der Waals surface area contributed by atoms with Gasteiger partial charge in [0.1, 0.15) is 0 Å². The standard InChI is InChI=1S/C15H17NO/c17-15-13-9-5-4-6-11(13)10-14(15)16-12-7-2-1-3-8-12/h4-6,9-10,12H,1-3,7-8H2,(H,16,17). The van der Waals surface area contributed by atoms with Gasteiger partial charge in [0.25, 0.3) is 0 Å². The molecule has 0 aliphatic heterocycles. The topological polar surface area (TPSA) is 29.1 Å². The Morgan fingerprint density at radius 2 is 1.82 bits per heavy atom. The van der Waals surface area contributed by atoms with E-state index in [9.17, 15) is 4.79 Å². The van der Waals surface area contributed by atoms with Gasteiger partial charge in [0.2, 0.25) is 5.78 Å². The van der Waals surface area contributed by atoms with Gasteiger partial charge in [-0.1, -0.05) is 43.5 Å². The van der Waals surface area contributed by atoms with Gasteiger partial charge in [-0.2, -0.15) is 0 Å². The van der Waals surface area contributed by atoms with Gasteiger partial charge < -0.3 is 5.32 Å². The molecule has 3 rings (SSSR count). The molecule has 0 heterocycles. The molecule has 0 saturated heterocycles. The summed E-state index contributed by atoms with van der Waals surface area (Å²) in [6, 6.07) is 8.31. The van der Waals surface area contributed by atoms with Gasteiger partial charge in [0.05, 0.1) is 5.70 Å². The predicted octanol–water partition coefficient (Wildman–Crippen LogP) is 3.15. The Balaban J connectivity index is 1.76. The number of Topliss-reactive ketones (excluding diaryl/α,β-unsaturated/α-hetero) is 1. The number of benzene rings is 1. The van der Waals surface area contributed by atoms with E-state index in [1.807, 2.05) is 30.3 Å². The lowest BCUT2D eigenvalue weighted by Crippen LogP contribution is -2.32. The fourth-order valence-corrected chi connectivity index (χ4v) is 2.77. The molecule has 1 N–H and O–H groups in total. The molecule has 1 fully saturated rings. The zero-order valence-corrected chi connectivity index (χ0v) is 9.91. The molecule has 2 aliphatic rings. The van der Waals surface area contributed by atoms with Crippen molar-refractivity contribution in [3.05, 3.63) is 41.1 Å². The number of rotatable bonds is 2. The molecular weight excluding hydrogens is 210 g/mol. The van der Waals surface area contributed by atoms with Gasteiger partial charge in [-0.05, 0) is 24.5 Å². The smallest absolute Gasteiger partial charge is 0.209 e. The maximum Gasteiger partial charge on any atom is 0.209 e. The summed E-state index contributed by atoms with van der Waals surface area (Å²) in [6.45, 7) is 0. The summed E-state index contributed by atoms with van der Waals surface area (Å²) in [5.74, 6) is 0.158. The number of hydrogen-bond donors (Lipinski definition) is 1. The van der Waals surface area contributed by atoms with Crippen LogP contribution in [-0.2, 0) is 0 Å². The van der Waals surface area contributed by atoms with Crippen LogP contribution >= 0.6 is 0 Å². The van der Waals surface area contributed by atoms with Crippen LogP contribution in [0.25, 0.3) is 6.08 Å². The summed E-state index contributed by atoms with van der Waals surface area (Å²) in [6.07, 6.45) is 8.29. The number of ketones is 1. The first-order chi connectivity index (χ1) is 8.34. The third kappa shape index (κ3) is 1.99. The molecule has 2 heteroatoms. The number of carbonyl (C=O) groups is 1. The van der Waals surface area contributed by atoms with Crippen molar-refractivity contribution in [2.45, 2.75) is 38.1 Å². The average Bonchev–Trinajstić information content (AvgIpc) is 2.68. The van der Waals surface area contributed by atoms with Crippen LogP contribution in [0, 0.1) is 0 Å². The summed E-state index contributed by atoms with van der Waals surface area (Å²) >= 11 is 0. The summed E-state index contributed by atoms with van der Waals surface area (Å²) in [5, 5.41) is 3.43. The van der Waals surface area contributed by atoms with Gasteiger partial charge in [-0.25, -0.2) is 0 Å². The van der Waals surface area contributed by atoms with E-state index in [0.29, 0.717) is 6.04 Å². The molecule has 0 amide bonds. The van der Waals surface area contributed by atoms with E-state index in [1.165, 1.54) is 32.1 Å². The van der Waals surface area contributed by atoms with Crippen molar-refractivity contribution in [1.29, 1.82) is 0 Å². The average molecular weight is 227 g/mol. The number of carbonyl (C=O) groups excluding carboxylic acids is 1. The van der Waals surface area contributed by atoms with Crippen LogP contribution in [0.4, 0.5) is 0 Å². The highest BCUT2D eigenvalue weighted by Gasteiger charge is 2.24. The molecule has 0 radical (unpaired) electrons. The van der Waals surface area contributed by atoms with Crippen molar-refractivity contribution in [3.8, 4) is 0 Å². The zero-order valence-electron chi connectivity index (χ0n) is 9.91. The molecule has 0 unspecified atom stereocenters. The Hall–Kier alpha value is -1.57. The van der Waals surface area contributed by atoms with Crippen LogP contribution in [-0.4, -0.2) is 11.8 Å². The van der Waals surface area contributed by atoms with Gasteiger partial charge in [-0.15, -0.1) is 0 Å². The van der Waals surface area contributed by atoms with Crippen molar-refractivity contribution in [2.75, 3.05) is 0 Å². The lowest BCUT2D eigenvalue weighted by atomic mass is 9.95. The Morgan fingerprint density at radius 1 is 1.06 bits per heavy atom. The second-order valence-corrected chi connectivity index (χ2v) is 4.95. The highest BCUT2D eigenvalue weighted by Crippen LogP contribution is 2.25. The van der Waals surface area contributed by atoms with E-state index in [2.05, 4.69) is 5.32 Å². The Kier molecular flexibility index (Phi) is 2.71. The van der Waals surface area contributed by atoms with Crippen molar-refractivity contribution >= 4 is 11.9 Å². The fraction of sp³-hybridized carbons (Fsp3) is 0.400. The highest BCUT2D eigenvalue weighted by molar-refractivity contribution is 6.17. The largest absolute Gasteiger partial charge is 0.379 e.